The molecule has 150 valence electrons. The van der Waals surface area contributed by atoms with Gasteiger partial charge in [0.25, 0.3) is 17.7 Å². The Morgan fingerprint density at radius 2 is 1.69 bits per heavy atom. The molecule has 2 aromatic carbocycles. The second-order valence-corrected chi connectivity index (χ2v) is 6.74. The maximum absolute atomic E-state index is 12.5. The summed E-state index contributed by atoms with van der Waals surface area (Å²) < 4.78 is 5.11. The molecule has 0 bridgehead atoms. The molecule has 0 radical (unpaired) electrons. The van der Waals surface area contributed by atoms with Crippen molar-refractivity contribution in [1.82, 2.24) is 4.90 Å². The van der Waals surface area contributed by atoms with Crippen LogP contribution in [0.1, 0.15) is 50.8 Å². The lowest BCUT2D eigenvalue weighted by Crippen LogP contribution is -2.31. The summed E-state index contributed by atoms with van der Waals surface area (Å²) in [5.41, 5.74) is 1.27. The second kappa shape index (κ2) is 8.68. The highest BCUT2D eigenvalue weighted by atomic mass is 16.5. The van der Waals surface area contributed by atoms with Crippen LogP contribution in [0.2, 0.25) is 0 Å². The van der Waals surface area contributed by atoms with Crippen molar-refractivity contribution in [3.05, 3.63) is 65.2 Å². The summed E-state index contributed by atoms with van der Waals surface area (Å²) in [6.45, 7) is 1.89. The SMILES string of the molecule is CCCCN1C(=O)c2ccc(C(=O)OCC(=O)N(C)c3ccccc3)cc2C1=O. The minimum Gasteiger partial charge on any atom is -0.452 e. The summed E-state index contributed by atoms with van der Waals surface area (Å²) in [5, 5.41) is 0. The zero-order valence-corrected chi connectivity index (χ0v) is 16.4. The van der Waals surface area contributed by atoms with Gasteiger partial charge in [-0.05, 0) is 36.8 Å². The lowest BCUT2D eigenvalue weighted by atomic mass is 10.1. The maximum atomic E-state index is 12.5. The molecule has 1 aliphatic rings. The van der Waals surface area contributed by atoms with E-state index in [9.17, 15) is 19.2 Å². The summed E-state index contributed by atoms with van der Waals surface area (Å²) in [6.07, 6.45) is 1.58. The number of ether oxygens (including phenoxy) is 1. The first-order valence-electron chi connectivity index (χ1n) is 9.43. The van der Waals surface area contributed by atoms with Crippen molar-refractivity contribution >= 4 is 29.4 Å². The van der Waals surface area contributed by atoms with Gasteiger partial charge >= 0.3 is 5.97 Å². The van der Waals surface area contributed by atoms with Crippen LogP contribution in [-0.4, -0.2) is 48.8 Å². The first-order valence-corrected chi connectivity index (χ1v) is 9.43. The second-order valence-electron chi connectivity index (χ2n) is 6.74. The first kappa shape index (κ1) is 20.3. The number of anilines is 1. The topological polar surface area (TPSA) is 84.0 Å². The zero-order valence-electron chi connectivity index (χ0n) is 16.4. The van der Waals surface area contributed by atoms with Crippen LogP contribution in [0, 0.1) is 0 Å². The Hall–Kier alpha value is -3.48. The van der Waals surface area contributed by atoms with Crippen molar-refractivity contribution < 1.29 is 23.9 Å². The first-order chi connectivity index (χ1) is 13.9. The molecule has 0 saturated carbocycles. The van der Waals surface area contributed by atoms with E-state index in [0.29, 0.717) is 12.2 Å². The van der Waals surface area contributed by atoms with E-state index in [1.165, 1.54) is 28.0 Å². The minimum atomic E-state index is -0.727. The number of carbonyl (C=O) groups is 4. The van der Waals surface area contributed by atoms with Gasteiger partial charge in [0, 0.05) is 19.3 Å². The van der Waals surface area contributed by atoms with Gasteiger partial charge in [-0.25, -0.2) is 4.79 Å². The zero-order chi connectivity index (χ0) is 21.0. The lowest BCUT2D eigenvalue weighted by Gasteiger charge is -2.17. The number of fused-ring (bicyclic) bond motifs is 1. The van der Waals surface area contributed by atoms with Gasteiger partial charge in [0.2, 0.25) is 0 Å². The van der Waals surface area contributed by atoms with Crippen LogP contribution >= 0.6 is 0 Å². The van der Waals surface area contributed by atoms with Crippen LogP contribution in [0.3, 0.4) is 0 Å². The summed E-state index contributed by atoms with van der Waals surface area (Å²) in [6, 6.07) is 13.2. The third-order valence-corrected chi connectivity index (χ3v) is 4.79. The molecule has 1 heterocycles. The Kier molecular flexibility index (Phi) is 6.07. The van der Waals surface area contributed by atoms with Gasteiger partial charge in [-0.2, -0.15) is 0 Å². The average Bonchev–Trinajstić information content (AvgIpc) is 2.99. The molecule has 3 amide bonds. The summed E-state index contributed by atoms with van der Waals surface area (Å²) in [7, 11) is 1.59. The van der Waals surface area contributed by atoms with Crippen molar-refractivity contribution in [2.45, 2.75) is 19.8 Å². The fourth-order valence-corrected chi connectivity index (χ4v) is 3.04. The highest BCUT2D eigenvalue weighted by Gasteiger charge is 2.35. The Morgan fingerprint density at radius 3 is 2.38 bits per heavy atom. The van der Waals surface area contributed by atoms with Crippen molar-refractivity contribution in [3.63, 3.8) is 0 Å². The van der Waals surface area contributed by atoms with Gasteiger partial charge in [0.05, 0.1) is 16.7 Å². The molecule has 7 nitrogen and oxygen atoms in total. The summed E-state index contributed by atoms with van der Waals surface area (Å²) in [4.78, 5) is 52.0. The number of nitrogens with zero attached hydrogens (tertiary/aromatic N) is 2. The molecular formula is C22H22N2O5. The van der Waals surface area contributed by atoms with E-state index >= 15 is 0 Å². The quantitative estimate of drug-likeness (QED) is 0.533. The fraction of sp³-hybridized carbons (Fsp3) is 0.273. The lowest BCUT2D eigenvalue weighted by molar-refractivity contribution is -0.121. The Bertz CT molecular complexity index is 955. The average molecular weight is 394 g/mol. The Balaban J connectivity index is 1.66. The molecule has 0 spiro atoms. The van der Waals surface area contributed by atoms with Crippen LogP contribution in [0.5, 0.6) is 0 Å². The van der Waals surface area contributed by atoms with Gasteiger partial charge in [0.15, 0.2) is 6.61 Å². The predicted octanol–water partition coefficient (Wildman–Crippen LogP) is 2.90. The molecule has 0 atom stereocenters. The molecule has 7 heteroatoms. The van der Waals surface area contributed by atoms with E-state index in [0.717, 1.165) is 12.8 Å². The molecule has 29 heavy (non-hydrogen) atoms. The van der Waals surface area contributed by atoms with E-state index in [1.807, 2.05) is 13.0 Å². The molecule has 2 aromatic rings. The van der Waals surface area contributed by atoms with Gasteiger partial charge in [-0.3, -0.25) is 19.3 Å². The molecule has 0 saturated heterocycles. The highest BCUT2D eigenvalue weighted by Crippen LogP contribution is 2.24. The predicted molar refractivity (Wildman–Crippen MR) is 107 cm³/mol. The normalized spacial score (nSPS) is 12.7. The fourth-order valence-electron chi connectivity index (χ4n) is 3.04. The number of rotatable bonds is 7. The van der Waals surface area contributed by atoms with Crippen LogP contribution in [0.25, 0.3) is 0 Å². The maximum Gasteiger partial charge on any atom is 0.338 e. The van der Waals surface area contributed by atoms with Crippen LogP contribution in [-0.2, 0) is 9.53 Å². The minimum absolute atomic E-state index is 0.123. The molecule has 1 aliphatic heterocycles. The van der Waals surface area contributed by atoms with Crippen LogP contribution in [0.15, 0.2) is 48.5 Å². The number of benzene rings is 2. The number of hydrogen-bond donors (Lipinski definition) is 0. The van der Waals surface area contributed by atoms with Crippen molar-refractivity contribution in [1.29, 1.82) is 0 Å². The van der Waals surface area contributed by atoms with E-state index in [1.54, 1.807) is 31.3 Å². The number of imide groups is 1. The van der Waals surface area contributed by atoms with Crippen LogP contribution in [0.4, 0.5) is 5.69 Å². The summed E-state index contributed by atoms with van der Waals surface area (Å²) >= 11 is 0. The van der Waals surface area contributed by atoms with Gasteiger partial charge in [-0.1, -0.05) is 31.5 Å². The monoisotopic (exact) mass is 394 g/mol. The number of carbonyl (C=O) groups excluding carboxylic acids is 4. The number of para-hydroxylation sites is 1. The van der Waals surface area contributed by atoms with Crippen molar-refractivity contribution in [2.24, 2.45) is 0 Å². The van der Waals surface area contributed by atoms with Gasteiger partial charge in [-0.15, -0.1) is 0 Å². The number of esters is 1. The van der Waals surface area contributed by atoms with Gasteiger partial charge < -0.3 is 9.64 Å². The number of likely N-dealkylation sites (N-methyl/N-ethyl adjacent to an activating group) is 1. The van der Waals surface area contributed by atoms with E-state index in [2.05, 4.69) is 0 Å². The number of hydrogen-bond acceptors (Lipinski definition) is 5. The van der Waals surface area contributed by atoms with Crippen molar-refractivity contribution in [3.8, 4) is 0 Å². The number of unbranched alkanes of at least 4 members (excludes halogenated alkanes) is 1. The Labute approximate surface area is 168 Å². The molecule has 0 N–H and O–H groups in total. The third-order valence-electron chi connectivity index (χ3n) is 4.79. The third kappa shape index (κ3) is 4.18. The van der Waals surface area contributed by atoms with E-state index in [4.69, 9.17) is 4.74 Å². The molecule has 0 aliphatic carbocycles. The highest BCUT2D eigenvalue weighted by molar-refractivity contribution is 6.22. The molecule has 0 fully saturated rings. The Morgan fingerprint density at radius 1 is 1.00 bits per heavy atom. The van der Waals surface area contributed by atoms with E-state index < -0.39 is 18.5 Å². The van der Waals surface area contributed by atoms with Crippen molar-refractivity contribution in [2.75, 3.05) is 25.1 Å². The molecule has 0 aromatic heterocycles. The number of amides is 3. The summed E-state index contributed by atoms with van der Waals surface area (Å²) in [5.74, 6) is -1.87. The van der Waals surface area contributed by atoms with Crippen LogP contribution < -0.4 is 4.90 Å². The van der Waals surface area contributed by atoms with Gasteiger partial charge in [0.1, 0.15) is 0 Å². The largest absolute Gasteiger partial charge is 0.452 e. The smallest absolute Gasteiger partial charge is 0.338 e. The van der Waals surface area contributed by atoms with E-state index in [-0.39, 0.29) is 28.5 Å². The standard InChI is InChI=1S/C22H22N2O5/c1-3-4-12-24-20(26)17-11-10-15(13-18(17)21(24)27)22(28)29-14-19(25)23(2)16-8-6-5-7-9-16/h5-11,13H,3-4,12,14H2,1-2H3. The molecular weight excluding hydrogens is 372 g/mol. The molecule has 0 unspecified atom stereocenters. The molecule has 3 rings (SSSR count).